The number of rotatable bonds is 1. The summed E-state index contributed by atoms with van der Waals surface area (Å²) in [7, 11) is -4.09. The maximum absolute atomic E-state index is 10.6. The Morgan fingerprint density at radius 2 is 2.08 bits per heavy atom. The Morgan fingerprint density at radius 3 is 2.25 bits per heavy atom. The van der Waals surface area contributed by atoms with E-state index in [0.717, 1.165) is 11.3 Å². The van der Waals surface area contributed by atoms with Gasteiger partial charge in [-0.15, -0.1) is 23.7 Å². The minimum atomic E-state index is -4.09. The van der Waals surface area contributed by atoms with Crippen molar-refractivity contribution >= 4 is 45.5 Å². The van der Waals surface area contributed by atoms with Gasteiger partial charge in [0.05, 0.1) is 4.34 Å². The lowest BCUT2D eigenvalue weighted by Crippen LogP contribution is -1.97. The van der Waals surface area contributed by atoms with Crippen LogP contribution in [0.1, 0.15) is 5.56 Å². The first-order valence-corrected chi connectivity index (χ1v) is 5.34. The second kappa shape index (κ2) is 3.93. The molecule has 0 aromatic carbocycles. The summed E-state index contributed by atoms with van der Waals surface area (Å²) in [5, 5.41) is 1.31. The topological polar surface area (TPSA) is 54.4 Å². The van der Waals surface area contributed by atoms with Crippen LogP contribution >= 0.6 is 35.3 Å². The van der Waals surface area contributed by atoms with Gasteiger partial charge in [-0.3, -0.25) is 4.55 Å². The van der Waals surface area contributed by atoms with Crippen LogP contribution in [0.25, 0.3) is 0 Å². The van der Waals surface area contributed by atoms with Crippen molar-refractivity contribution in [1.82, 2.24) is 0 Å². The Hall–Kier alpha value is 0.190. The minimum absolute atomic E-state index is 0. The van der Waals surface area contributed by atoms with E-state index in [1.165, 1.54) is 5.38 Å². The second-order valence-corrected chi connectivity index (χ2v) is 4.85. The van der Waals surface area contributed by atoms with Gasteiger partial charge < -0.3 is 0 Å². The minimum Gasteiger partial charge on any atom is -0.282 e. The van der Waals surface area contributed by atoms with Crippen molar-refractivity contribution in [3.8, 4) is 0 Å². The van der Waals surface area contributed by atoms with E-state index in [4.69, 9.17) is 16.2 Å². The Bertz CT molecular complexity index is 368. The fraction of sp³-hybridized carbons (Fsp3) is 0.200. The van der Waals surface area contributed by atoms with Crippen LogP contribution < -0.4 is 0 Å². The summed E-state index contributed by atoms with van der Waals surface area (Å²) in [4.78, 5) is -0.104. The molecule has 1 aromatic rings. The van der Waals surface area contributed by atoms with Crippen molar-refractivity contribution in [2.24, 2.45) is 0 Å². The third-order valence-electron chi connectivity index (χ3n) is 1.21. The molecular formula is C5H6Cl2O3S2. The summed E-state index contributed by atoms with van der Waals surface area (Å²) < 4.78 is 30.1. The number of halogens is 2. The average molecular weight is 249 g/mol. The van der Waals surface area contributed by atoms with Gasteiger partial charge >= 0.3 is 0 Å². The first kappa shape index (κ1) is 12.2. The third-order valence-corrected chi connectivity index (χ3v) is 3.76. The van der Waals surface area contributed by atoms with Gasteiger partial charge in [0.1, 0.15) is 4.90 Å². The van der Waals surface area contributed by atoms with E-state index < -0.39 is 10.1 Å². The molecule has 0 radical (unpaired) electrons. The molecule has 0 spiro atoms. The molecule has 0 aliphatic heterocycles. The first-order valence-electron chi connectivity index (χ1n) is 2.64. The molecule has 3 nitrogen and oxygen atoms in total. The molecule has 1 heterocycles. The van der Waals surface area contributed by atoms with Gasteiger partial charge in [0.2, 0.25) is 0 Å². The maximum Gasteiger partial charge on any atom is 0.295 e. The lowest BCUT2D eigenvalue weighted by Gasteiger charge is -1.92. The highest BCUT2D eigenvalue weighted by atomic mass is 35.5. The number of hydrogen-bond donors (Lipinski definition) is 1. The molecule has 0 fully saturated rings. The smallest absolute Gasteiger partial charge is 0.282 e. The zero-order chi connectivity index (χ0) is 8.65. The monoisotopic (exact) mass is 248 g/mol. The molecule has 70 valence electrons. The maximum atomic E-state index is 10.6. The van der Waals surface area contributed by atoms with E-state index in [0.29, 0.717) is 9.90 Å². The molecule has 0 atom stereocenters. The Morgan fingerprint density at radius 1 is 1.58 bits per heavy atom. The summed E-state index contributed by atoms with van der Waals surface area (Å²) in [6, 6.07) is 0. The van der Waals surface area contributed by atoms with Crippen LogP contribution in [0.5, 0.6) is 0 Å². The van der Waals surface area contributed by atoms with Crippen LogP contribution in [0.15, 0.2) is 10.3 Å². The second-order valence-electron chi connectivity index (χ2n) is 1.97. The van der Waals surface area contributed by atoms with Crippen LogP contribution in [0.4, 0.5) is 0 Å². The molecule has 12 heavy (non-hydrogen) atoms. The Kier molecular flexibility index (Phi) is 3.99. The van der Waals surface area contributed by atoms with Crippen molar-refractivity contribution in [2.45, 2.75) is 11.8 Å². The summed E-state index contributed by atoms with van der Waals surface area (Å²) in [6.45, 7) is 1.54. The molecule has 0 bridgehead atoms. The molecule has 7 heteroatoms. The van der Waals surface area contributed by atoms with E-state index in [1.807, 2.05) is 0 Å². The third kappa shape index (κ3) is 2.34. The van der Waals surface area contributed by atoms with Crippen LogP contribution in [-0.4, -0.2) is 13.0 Å². The lowest BCUT2D eigenvalue weighted by atomic mass is 10.4. The molecule has 0 aliphatic rings. The largest absolute Gasteiger partial charge is 0.295 e. The standard InChI is InChI=1S/C5H5ClO3S2.ClH/c1-3-4(11(7,8)9)2-10-5(3)6;/h2H,1H3,(H,7,8,9);1H. The van der Waals surface area contributed by atoms with Gasteiger partial charge in [0, 0.05) is 5.38 Å². The Balaban J connectivity index is 0.00000121. The summed E-state index contributed by atoms with van der Waals surface area (Å²) in [5.41, 5.74) is 0.402. The summed E-state index contributed by atoms with van der Waals surface area (Å²) >= 11 is 6.66. The van der Waals surface area contributed by atoms with Crippen molar-refractivity contribution in [2.75, 3.05) is 0 Å². The van der Waals surface area contributed by atoms with Gasteiger partial charge in [-0.25, -0.2) is 0 Å². The quantitative estimate of drug-likeness (QED) is 0.777. The number of thiophene rings is 1. The average Bonchev–Trinajstić information content (AvgIpc) is 2.11. The number of hydrogen-bond acceptors (Lipinski definition) is 3. The van der Waals surface area contributed by atoms with Crippen LogP contribution in [0, 0.1) is 6.92 Å². The molecule has 0 saturated heterocycles. The van der Waals surface area contributed by atoms with Gasteiger partial charge in [-0.2, -0.15) is 8.42 Å². The fourth-order valence-corrected chi connectivity index (χ4v) is 2.78. The SMILES string of the molecule is Cc1c(S(=O)(=O)O)csc1Cl.Cl. The van der Waals surface area contributed by atoms with Gasteiger partial charge in [-0.1, -0.05) is 11.6 Å². The highest BCUT2D eigenvalue weighted by molar-refractivity contribution is 7.86. The molecule has 0 unspecified atom stereocenters. The molecule has 0 aliphatic carbocycles. The highest BCUT2D eigenvalue weighted by Crippen LogP contribution is 2.29. The van der Waals surface area contributed by atoms with E-state index in [9.17, 15) is 8.42 Å². The normalized spacial score (nSPS) is 10.9. The van der Waals surface area contributed by atoms with Gasteiger partial charge in [-0.05, 0) is 12.5 Å². The highest BCUT2D eigenvalue weighted by Gasteiger charge is 2.16. The molecule has 1 N–H and O–H groups in total. The van der Waals surface area contributed by atoms with Crippen LogP contribution in [0.3, 0.4) is 0 Å². The first-order chi connectivity index (χ1) is 4.93. The predicted molar refractivity (Wildman–Crippen MR) is 51.1 cm³/mol. The van der Waals surface area contributed by atoms with Gasteiger partial charge in [0.15, 0.2) is 0 Å². The zero-order valence-electron chi connectivity index (χ0n) is 5.94. The van der Waals surface area contributed by atoms with Crippen molar-refractivity contribution < 1.29 is 13.0 Å². The van der Waals surface area contributed by atoms with Crippen LogP contribution in [0.2, 0.25) is 4.34 Å². The lowest BCUT2D eigenvalue weighted by molar-refractivity contribution is 0.483. The molecule has 0 saturated carbocycles. The Labute approximate surface area is 85.5 Å². The van der Waals surface area contributed by atoms with Gasteiger partial charge in [0.25, 0.3) is 10.1 Å². The molecule has 1 aromatic heterocycles. The van der Waals surface area contributed by atoms with E-state index in [2.05, 4.69) is 0 Å². The zero-order valence-corrected chi connectivity index (χ0v) is 9.15. The van der Waals surface area contributed by atoms with E-state index >= 15 is 0 Å². The van der Waals surface area contributed by atoms with Crippen molar-refractivity contribution in [3.05, 3.63) is 15.3 Å². The van der Waals surface area contributed by atoms with Crippen molar-refractivity contribution in [3.63, 3.8) is 0 Å². The summed E-state index contributed by atoms with van der Waals surface area (Å²) in [6.07, 6.45) is 0. The molecular weight excluding hydrogens is 243 g/mol. The summed E-state index contributed by atoms with van der Waals surface area (Å²) in [5.74, 6) is 0. The van der Waals surface area contributed by atoms with Crippen molar-refractivity contribution in [1.29, 1.82) is 0 Å². The fourth-order valence-electron chi connectivity index (χ4n) is 0.633. The predicted octanol–water partition coefficient (Wildman–Crippen LogP) is 2.38. The van der Waals surface area contributed by atoms with E-state index in [-0.39, 0.29) is 17.3 Å². The molecule has 1 rings (SSSR count). The molecule has 0 amide bonds. The van der Waals surface area contributed by atoms with Crippen LogP contribution in [-0.2, 0) is 10.1 Å². The van der Waals surface area contributed by atoms with E-state index in [1.54, 1.807) is 6.92 Å².